The number of carbonyl (C=O) groups excluding carboxylic acids is 8. The number of quaternary nitrogens is 1. The molecule has 316 valence electrons. The van der Waals surface area contributed by atoms with Gasteiger partial charge >= 0.3 is 11.8 Å². The Kier molecular flexibility index (Phi) is 19.9. The van der Waals surface area contributed by atoms with Gasteiger partial charge in [0.15, 0.2) is 0 Å². The molecule has 57 heavy (non-hydrogen) atoms. The fourth-order valence-corrected chi connectivity index (χ4v) is 5.16. The number of aliphatic carboxylic acids is 1. The van der Waals surface area contributed by atoms with Crippen LogP contribution in [-0.2, 0) is 44.8 Å². The zero-order chi connectivity index (χ0) is 43.6. The third kappa shape index (κ3) is 18.0. The maximum Gasteiger partial charge on any atom is 0.430 e. The number of nitrogens with one attached hydrogen (secondary N) is 5. The number of carboxylic acid groups (broad SMARTS) is 1. The molecule has 2 rings (SSSR count). The predicted octanol–water partition coefficient (Wildman–Crippen LogP) is -2.24. The summed E-state index contributed by atoms with van der Waals surface area (Å²) in [5.74, 6) is -7.52. The van der Waals surface area contributed by atoms with E-state index >= 15 is 0 Å². The molecule has 0 saturated heterocycles. The summed E-state index contributed by atoms with van der Waals surface area (Å²) in [6, 6.07) is 1.21. The number of fused-ring (bicyclic) bond motifs is 1. The predicted molar refractivity (Wildman–Crippen MR) is 194 cm³/mol. The molecule has 12 N–H and O–H groups in total. The Labute approximate surface area is 324 Å². The monoisotopic (exact) mass is 814 g/mol. The van der Waals surface area contributed by atoms with Crippen LogP contribution in [0.2, 0.25) is 0 Å². The molecule has 1 aromatic carbocycles. The summed E-state index contributed by atoms with van der Waals surface area (Å²) >= 11 is 0. The molecule has 0 aliphatic carbocycles. The first-order valence-electron chi connectivity index (χ1n) is 17.7. The Morgan fingerprint density at radius 3 is 1.86 bits per heavy atom. The molecule has 22 heteroatoms. The summed E-state index contributed by atoms with van der Waals surface area (Å²) in [7, 11) is 0. The molecule has 4 atom stereocenters. The molecule has 0 unspecified atom stereocenters. The first-order chi connectivity index (χ1) is 26.5. The standard InChI is InChI=1S/C33H48N8O9.C2HF3O2/c1-5-22(37-18(4)42)30(46)39-23(7-6-12-34)32(48)41-25(13-17(2)3)33(49)40-24(10-11-27(35)43)31(47)38-20-8-9-21-19(14-28(36)44)15-29(45)50-26(21)16-20;3-2(4,5)1(6)7/h8-9,15-17,22-25H,5-7,10-14,34H2,1-4H3,(H2,35,43)(H2,36,44)(H,37,42)(H,38,47)(H,39,46)(H,40,49)(H,41,48);(H,6,7)/t22-,23-,24-,25-;/m0./s1. The van der Waals surface area contributed by atoms with Gasteiger partial charge in [-0.2, -0.15) is 13.2 Å². The Hall–Kier alpha value is -6.06. The van der Waals surface area contributed by atoms with Crippen LogP contribution in [0.15, 0.2) is 33.5 Å². The van der Waals surface area contributed by atoms with E-state index in [1.807, 2.05) is 13.8 Å². The Balaban J connectivity index is 0.00000211. The van der Waals surface area contributed by atoms with E-state index in [0.717, 1.165) is 6.07 Å². The first kappa shape index (κ1) is 49.0. The first-order valence-corrected chi connectivity index (χ1v) is 17.7. The van der Waals surface area contributed by atoms with Crippen LogP contribution >= 0.6 is 0 Å². The van der Waals surface area contributed by atoms with Gasteiger partial charge in [0, 0.05) is 36.6 Å². The Morgan fingerprint density at radius 1 is 0.825 bits per heavy atom. The van der Waals surface area contributed by atoms with E-state index in [1.54, 1.807) is 6.92 Å². The second kappa shape index (κ2) is 23.1. The Morgan fingerprint density at radius 2 is 1.37 bits per heavy atom. The fraction of sp³-hybridized carbons (Fsp3) is 0.514. The third-order valence-electron chi connectivity index (χ3n) is 7.82. The van der Waals surface area contributed by atoms with Crippen LogP contribution in [-0.4, -0.2) is 84.2 Å². The van der Waals surface area contributed by atoms with Crippen LogP contribution in [0.4, 0.5) is 18.9 Å². The second-order valence-electron chi connectivity index (χ2n) is 13.2. The van der Waals surface area contributed by atoms with E-state index in [0.29, 0.717) is 23.9 Å². The van der Waals surface area contributed by atoms with Gasteiger partial charge in [-0.1, -0.05) is 20.8 Å². The molecule has 0 aliphatic rings. The van der Waals surface area contributed by atoms with Crippen LogP contribution in [0.1, 0.15) is 71.8 Å². The van der Waals surface area contributed by atoms with E-state index < -0.39 is 83.3 Å². The van der Waals surface area contributed by atoms with Gasteiger partial charge < -0.3 is 58.1 Å². The van der Waals surface area contributed by atoms with Gasteiger partial charge in [0.05, 0.1) is 13.0 Å². The summed E-state index contributed by atoms with van der Waals surface area (Å²) in [4.78, 5) is 109. The van der Waals surface area contributed by atoms with Crippen LogP contribution in [0.25, 0.3) is 11.0 Å². The fourth-order valence-electron chi connectivity index (χ4n) is 5.16. The lowest BCUT2D eigenvalue weighted by Crippen LogP contribution is -2.58. The van der Waals surface area contributed by atoms with Crippen molar-refractivity contribution in [1.82, 2.24) is 21.3 Å². The number of rotatable bonds is 20. The summed E-state index contributed by atoms with van der Waals surface area (Å²) in [5.41, 5.74) is 14.3. The number of primary amides is 2. The topological polar surface area (TPSA) is 330 Å². The molecule has 0 fully saturated rings. The molecule has 2 aromatic rings. The normalized spacial score (nSPS) is 13.1. The number of carboxylic acids is 1. The highest BCUT2D eigenvalue weighted by atomic mass is 19.4. The molecule has 0 spiro atoms. The molecule has 1 aromatic heterocycles. The van der Waals surface area contributed by atoms with Gasteiger partial charge in [0.1, 0.15) is 35.7 Å². The minimum absolute atomic E-state index is 0.0758. The van der Waals surface area contributed by atoms with Gasteiger partial charge in [-0.15, -0.1) is 0 Å². The van der Waals surface area contributed by atoms with Gasteiger partial charge in [-0.25, -0.2) is 4.79 Å². The Bertz CT molecular complexity index is 1830. The molecule has 0 saturated carbocycles. The number of amides is 7. The molecule has 0 bridgehead atoms. The lowest BCUT2D eigenvalue weighted by Gasteiger charge is -2.27. The summed E-state index contributed by atoms with van der Waals surface area (Å²) < 4.78 is 36.8. The van der Waals surface area contributed by atoms with Gasteiger partial charge in [0.25, 0.3) is 0 Å². The van der Waals surface area contributed by atoms with Crippen molar-refractivity contribution in [2.45, 2.75) is 103 Å². The number of carbonyl (C=O) groups is 8. The summed E-state index contributed by atoms with van der Waals surface area (Å²) in [5, 5.41) is 22.3. The zero-order valence-electron chi connectivity index (χ0n) is 31.8. The smallest absolute Gasteiger partial charge is 0.430 e. The van der Waals surface area contributed by atoms with Crippen molar-refractivity contribution in [3.05, 3.63) is 40.2 Å². The van der Waals surface area contributed by atoms with Gasteiger partial charge in [0.2, 0.25) is 41.4 Å². The van der Waals surface area contributed by atoms with Crippen LogP contribution in [0, 0.1) is 5.92 Å². The van der Waals surface area contributed by atoms with E-state index in [9.17, 15) is 51.5 Å². The number of alkyl halides is 3. The quantitative estimate of drug-likeness (QED) is 0.0661. The maximum atomic E-state index is 13.6. The van der Waals surface area contributed by atoms with Gasteiger partial charge in [-0.05, 0) is 55.7 Å². The molecule has 7 amide bonds. The van der Waals surface area contributed by atoms with Crippen molar-refractivity contribution in [2.75, 3.05) is 11.9 Å². The lowest BCUT2D eigenvalue weighted by molar-refractivity contribution is -0.368. The maximum absolute atomic E-state index is 13.6. The van der Waals surface area contributed by atoms with E-state index in [-0.39, 0.29) is 55.7 Å². The molecular formula is C35H49F3N8O11. The van der Waals surface area contributed by atoms with Gasteiger partial charge in [-0.3, -0.25) is 33.6 Å². The average Bonchev–Trinajstić information content (AvgIpc) is 3.09. The average molecular weight is 815 g/mol. The van der Waals surface area contributed by atoms with Crippen LogP contribution in [0.5, 0.6) is 0 Å². The van der Waals surface area contributed by atoms with Crippen molar-refractivity contribution < 1.29 is 66.8 Å². The largest absolute Gasteiger partial charge is 0.542 e. The van der Waals surface area contributed by atoms with Crippen molar-refractivity contribution in [1.29, 1.82) is 0 Å². The summed E-state index contributed by atoms with van der Waals surface area (Å²) in [6.45, 7) is 7.13. The van der Waals surface area contributed by atoms with Crippen molar-refractivity contribution >= 4 is 64.0 Å². The van der Waals surface area contributed by atoms with E-state index in [2.05, 4.69) is 32.3 Å². The highest BCUT2D eigenvalue weighted by Gasteiger charge is 2.32. The third-order valence-corrected chi connectivity index (χ3v) is 7.82. The number of nitrogens with two attached hydrogens (primary N) is 2. The van der Waals surface area contributed by atoms with Crippen molar-refractivity contribution in [3.63, 3.8) is 0 Å². The minimum Gasteiger partial charge on any atom is -0.542 e. The molecule has 0 aliphatic heterocycles. The van der Waals surface area contributed by atoms with Crippen molar-refractivity contribution in [3.8, 4) is 0 Å². The number of anilines is 1. The SMILES string of the molecule is CC[C@H](NC(C)=O)C(=O)N[C@@H](CCC[NH3+])C(=O)N[C@@H](CC(C)C)C(=O)N[C@@H](CCC(N)=O)C(=O)Nc1ccc2c(CC(N)=O)cc(=O)oc2c1.O=C([O-])C(F)(F)F. The minimum atomic E-state index is -5.19. The van der Waals surface area contributed by atoms with Crippen LogP contribution < -0.4 is 54.5 Å². The number of halogens is 3. The number of benzene rings is 1. The number of hydrogen-bond acceptors (Lipinski definition) is 11. The van der Waals surface area contributed by atoms with E-state index in [1.165, 1.54) is 25.1 Å². The van der Waals surface area contributed by atoms with Crippen molar-refractivity contribution in [2.24, 2.45) is 17.4 Å². The zero-order valence-corrected chi connectivity index (χ0v) is 31.8. The second-order valence-corrected chi connectivity index (χ2v) is 13.2. The lowest BCUT2D eigenvalue weighted by atomic mass is 10.0. The number of hydrogen-bond donors (Lipinski definition) is 8. The summed E-state index contributed by atoms with van der Waals surface area (Å²) in [6.07, 6.45) is -4.68. The van der Waals surface area contributed by atoms with E-state index in [4.69, 9.17) is 25.8 Å². The molecule has 1 heterocycles. The molecule has 0 radical (unpaired) electrons. The highest BCUT2D eigenvalue weighted by Crippen LogP contribution is 2.22. The highest BCUT2D eigenvalue weighted by molar-refractivity contribution is 6.00. The van der Waals surface area contributed by atoms with Crippen LogP contribution in [0.3, 0.4) is 0 Å². The molecular weight excluding hydrogens is 765 g/mol. The molecule has 19 nitrogen and oxygen atoms in total.